The summed E-state index contributed by atoms with van der Waals surface area (Å²) in [5.41, 5.74) is 0.252. The number of nitrogens with zero attached hydrogens (tertiary/aromatic N) is 5. The second-order valence-corrected chi connectivity index (χ2v) is 6.85. The van der Waals surface area contributed by atoms with Crippen LogP contribution in [0.2, 0.25) is 5.02 Å². The molecule has 0 saturated carbocycles. The van der Waals surface area contributed by atoms with E-state index < -0.39 is 4.92 Å². The number of hydrogen-bond donors (Lipinski definition) is 1. The van der Waals surface area contributed by atoms with Crippen molar-refractivity contribution >= 4 is 34.8 Å². The predicted octanol–water partition coefficient (Wildman–Crippen LogP) is 2.13. The number of nitrogens with one attached hydrogen (secondary N) is 1. The van der Waals surface area contributed by atoms with E-state index >= 15 is 0 Å². The zero-order valence-corrected chi connectivity index (χ0v) is 15.9. The molecule has 2 aromatic rings. The fourth-order valence-corrected chi connectivity index (χ4v) is 3.32. The lowest BCUT2D eigenvalue weighted by Crippen LogP contribution is -2.53. The van der Waals surface area contributed by atoms with Crippen molar-refractivity contribution in [3.63, 3.8) is 0 Å². The lowest BCUT2D eigenvalue weighted by molar-refractivity contribution is -0.384. The molecule has 10 heteroatoms. The molecule has 1 atom stereocenters. The van der Waals surface area contributed by atoms with Crippen LogP contribution in [-0.2, 0) is 11.8 Å². The summed E-state index contributed by atoms with van der Waals surface area (Å²) in [6.07, 6.45) is 3.68. The summed E-state index contributed by atoms with van der Waals surface area (Å²) in [4.78, 5) is 31.5. The fourth-order valence-electron chi connectivity index (χ4n) is 3.09. The summed E-state index contributed by atoms with van der Waals surface area (Å²) in [5, 5.41) is 13.7. The average Bonchev–Trinajstić information content (AvgIpc) is 3.08. The third-order valence-corrected chi connectivity index (χ3v) is 5.05. The number of non-ortho nitro benzene ring substituents is 1. The number of piperazine rings is 1. The quantitative estimate of drug-likeness (QED) is 0.618. The van der Waals surface area contributed by atoms with Gasteiger partial charge in [-0.05, 0) is 13.0 Å². The number of rotatable bonds is 5. The molecular weight excluding hydrogens is 372 g/mol. The van der Waals surface area contributed by atoms with E-state index in [0.29, 0.717) is 5.69 Å². The molecule has 1 amide bonds. The highest BCUT2D eigenvalue weighted by Gasteiger charge is 2.27. The topological polar surface area (TPSA) is 96.5 Å². The van der Waals surface area contributed by atoms with Gasteiger partial charge >= 0.3 is 0 Å². The molecule has 1 aromatic heterocycles. The number of hydrogen-bond acceptors (Lipinski definition) is 6. The van der Waals surface area contributed by atoms with Gasteiger partial charge in [-0.1, -0.05) is 11.6 Å². The van der Waals surface area contributed by atoms with E-state index in [2.05, 4.69) is 20.1 Å². The summed E-state index contributed by atoms with van der Waals surface area (Å²) in [5.74, 6) is 0.723. The van der Waals surface area contributed by atoms with Gasteiger partial charge in [0.05, 0.1) is 21.7 Å². The van der Waals surface area contributed by atoms with E-state index in [9.17, 15) is 14.9 Å². The fraction of sp³-hybridized carbons (Fsp3) is 0.412. The summed E-state index contributed by atoms with van der Waals surface area (Å²) in [7, 11) is 1.96. The Hall–Kier alpha value is -2.65. The van der Waals surface area contributed by atoms with Crippen LogP contribution < -0.4 is 10.2 Å². The number of anilines is 2. The molecule has 1 saturated heterocycles. The minimum Gasteiger partial charge on any atom is -0.340 e. The number of aromatic nitrogens is 2. The molecule has 1 aromatic carbocycles. The van der Waals surface area contributed by atoms with E-state index in [1.165, 1.54) is 18.2 Å². The van der Waals surface area contributed by atoms with Crippen LogP contribution in [0.15, 0.2) is 30.6 Å². The van der Waals surface area contributed by atoms with Crippen molar-refractivity contribution in [2.24, 2.45) is 7.05 Å². The number of nitro groups is 1. The Balaban J connectivity index is 1.58. The molecule has 9 nitrogen and oxygen atoms in total. The zero-order valence-electron chi connectivity index (χ0n) is 15.1. The van der Waals surface area contributed by atoms with Crippen LogP contribution in [0.1, 0.15) is 6.92 Å². The maximum absolute atomic E-state index is 12.6. The molecule has 1 unspecified atom stereocenters. The summed E-state index contributed by atoms with van der Waals surface area (Å²) < 4.78 is 1.97. The molecule has 1 aliphatic rings. The second-order valence-electron chi connectivity index (χ2n) is 6.45. The van der Waals surface area contributed by atoms with Crippen molar-refractivity contribution in [3.8, 4) is 0 Å². The molecule has 2 heterocycles. The van der Waals surface area contributed by atoms with Gasteiger partial charge < -0.3 is 14.8 Å². The highest BCUT2D eigenvalue weighted by Crippen LogP contribution is 2.27. The van der Waals surface area contributed by atoms with Gasteiger partial charge in [0.2, 0.25) is 11.9 Å². The Morgan fingerprint density at radius 1 is 1.33 bits per heavy atom. The maximum Gasteiger partial charge on any atom is 0.271 e. The predicted molar refractivity (Wildman–Crippen MR) is 103 cm³/mol. The lowest BCUT2D eigenvalue weighted by atomic mass is 10.2. The first-order valence-corrected chi connectivity index (χ1v) is 8.95. The third kappa shape index (κ3) is 4.20. The molecule has 0 radical (unpaired) electrons. The molecule has 1 N–H and O–H groups in total. The Morgan fingerprint density at radius 2 is 2.04 bits per heavy atom. The van der Waals surface area contributed by atoms with Gasteiger partial charge in [-0.3, -0.25) is 19.8 Å². The molecule has 1 aliphatic heterocycles. The van der Waals surface area contributed by atoms with Crippen LogP contribution in [-0.4, -0.2) is 57.5 Å². The smallest absolute Gasteiger partial charge is 0.271 e. The normalized spacial score (nSPS) is 16.2. The summed E-state index contributed by atoms with van der Waals surface area (Å²) >= 11 is 6.05. The van der Waals surface area contributed by atoms with E-state index in [4.69, 9.17) is 11.6 Å². The van der Waals surface area contributed by atoms with Crippen molar-refractivity contribution in [1.82, 2.24) is 14.5 Å². The van der Waals surface area contributed by atoms with Gasteiger partial charge in [0.1, 0.15) is 0 Å². The Labute approximate surface area is 161 Å². The number of benzene rings is 1. The number of aryl methyl sites for hydroxylation is 1. The van der Waals surface area contributed by atoms with E-state index in [-0.39, 0.29) is 22.7 Å². The van der Waals surface area contributed by atoms with Gasteiger partial charge in [-0.15, -0.1) is 0 Å². The monoisotopic (exact) mass is 392 g/mol. The van der Waals surface area contributed by atoms with Crippen LogP contribution in [0.4, 0.5) is 17.3 Å². The van der Waals surface area contributed by atoms with Crippen molar-refractivity contribution in [2.75, 3.05) is 36.4 Å². The van der Waals surface area contributed by atoms with Crippen LogP contribution in [0.25, 0.3) is 0 Å². The molecule has 3 rings (SSSR count). The van der Waals surface area contributed by atoms with Crippen LogP contribution >= 0.6 is 11.6 Å². The molecule has 0 aliphatic carbocycles. The molecule has 0 bridgehead atoms. The first kappa shape index (κ1) is 19.1. The first-order chi connectivity index (χ1) is 12.9. The third-order valence-electron chi connectivity index (χ3n) is 4.74. The largest absolute Gasteiger partial charge is 0.340 e. The van der Waals surface area contributed by atoms with Gasteiger partial charge in [0, 0.05) is 57.8 Å². The second kappa shape index (κ2) is 7.93. The van der Waals surface area contributed by atoms with Crippen molar-refractivity contribution in [3.05, 3.63) is 45.7 Å². The lowest BCUT2D eigenvalue weighted by Gasteiger charge is -2.37. The van der Waals surface area contributed by atoms with Gasteiger partial charge in [0.15, 0.2) is 0 Å². The number of carbonyl (C=O) groups excluding carboxylic acids is 1. The average molecular weight is 393 g/mol. The zero-order chi connectivity index (χ0) is 19.6. The Bertz CT molecular complexity index is 847. The standard InChI is InChI=1S/C17H21ClN6O3/c1-12(16(25)20-15-4-3-13(24(26)27)11-14(15)18)22-7-9-23(10-8-22)17-19-5-6-21(17)2/h3-6,11-12H,7-10H2,1-2H3,(H,20,25). The van der Waals surface area contributed by atoms with E-state index in [1.807, 2.05) is 24.7 Å². The minimum absolute atomic E-state index is 0.114. The van der Waals surface area contributed by atoms with Crippen LogP contribution in [0, 0.1) is 10.1 Å². The van der Waals surface area contributed by atoms with Crippen molar-refractivity contribution in [1.29, 1.82) is 0 Å². The molecule has 144 valence electrons. The minimum atomic E-state index is -0.527. The van der Waals surface area contributed by atoms with E-state index in [0.717, 1.165) is 32.1 Å². The number of halogens is 1. The Morgan fingerprint density at radius 3 is 2.59 bits per heavy atom. The SMILES string of the molecule is CC(C(=O)Nc1ccc([N+](=O)[O-])cc1Cl)N1CCN(c2nccn2C)CC1. The van der Waals surface area contributed by atoms with Gasteiger partial charge in [-0.25, -0.2) is 4.98 Å². The molecule has 27 heavy (non-hydrogen) atoms. The van der Waals surface area contributed by atoms with Crippen molar-refractivity contribution < 1.29 is 9.72 Å². The molecular formula is C17H21ClN6O3. The number of imidazole rings is 1. The summed E-state index contributed by atoms with van der Waals surface area (Å²) in [6.45, 7) is 4.86. The number of carbonyl (C=O) groups is 1. The highest BCUT2D eigenvalue weighted by molar-refractivity contribution is 6.34. The van der Waals surface area contributed by atoms with Crippen molar-refractivity contribution in [2.45, 2.75) is 13.0 Å². The number of nitro benzene ring substituents is 1. The molecule has 0 spiro atoms. The maximum atomic E-state index is 12.6. The molecule has 1 fully saturated rings. The van der Waals surface area contributed by atoms with Crippen LogP contribution in [0.3, 0.4) is 0 Å². The number of amides is 1. The Kier molecular flexibility index (Phi) is 5.62. The van der Waals surface area contributed by atoms with E-state index in [1.54, 1.807) is 6.20 Å². The van der Waals surface area contributed by atoms with Crippen LogP contribution in [0.5, 0.6) is 0 Å². The first-order valence-electron chi connectivity index (χ1n) is 8.58. The van der Waals surface area contributed by atoms with Gasteiger partial charge in [0.25, 0.3) is 5.69 Å². The van der Waals surface area contributed by atoms with Gasteiger partial charge in [-0.2, -0.15) is 0 Å². The highest BCUT2D eigenvalue weighted by atomic mass is 35.5. The summed E-state index contributed by atoms with van der Waals surface area (Å²) in [6, 6.07) is 3.65.